The fourth-order valence-corrected chi connectivity index (χ4v) is 3.13. The molecule has 3 rings (SSSR count). The van der Waals surface area contributed by atoms with E-state index in [-0.39, 0.29) is 17.9 Å². The molecule has 0 saturated carbocycles. The summed E-state index contributed by atoms with van der Waals surface area (Å²) in [6.45, 7) is 6.17. The van der Waals surface area contributed by atoms with E-state index in [1.54, 1.807) is 4.40 Å². The average Bonchev–Trinajstić information content (AvgIpc) is 2.95. The van der Waals surface area contributed by atoms with Gasteiger partial charge in [0.15, 0.2) is 11.6 Å². The zero-order valence-electron chi connectivity index (χ0n) is 15.9. The number of aromatic nitrogens is 3. The molecule has 0 fully saturated rings. The third-order valence-corrected chi connectivity index (χ3v) is 4.36. The largest absolute Gasteiger partial charge is 0.493 e. The van der Waals surface area contributed by atoms with E-state index in [9.17, 15) is 5.11 Å². The third-order valence-electron chi connectivity index (χ3n) is 4.36. The van der Waals surface area contributed by atoms with Crippen molar-refractivity contribution in [2.45, 2.75) is 39.7 Å². The molecule has 7 nitrogen and oxygen atoms in total. The molecular weight excluding hydrogens is 340 g/mol. The summed E-state index contributed by atoms with van der Waals surface area (Å²) in [4.78, 5) is 13.8. The van der Waals surface area contributed by atoms with Crippen molar-refractivity contribution < 1.29 is 5.11 Å². The Balaban J connectivity index is 2.28. The molecule has 0 aliphatic heterocycles. The Morgan fingerprint density at radius 3 is 2.48 bits per heavy atom. The predicted octanol–water partition coefficient (Wildman–Crippen LogP) is 3.02. The van der Waals surface area contributed by atoms with Gasteiger partial charge in [-0.2, -0.15) is 0 Å². The number of hydrogen-bond donors (Lipinski definition) is 3. The van der Waals surface area contributed by atoms with Gasteiger partial charge in [-0.1, -0.05) is 51.1 Å². The second kappa shape index (κ2) is 7.65. The van der Waals surface area contributed by atoms with Gasteiger partial charge in [-0.25, -0.2) is 15.0 Å². The second-order valence-electron chi connectivity index (χ2n) is 7.03. The maximum absolute atomic E-state index is 10.8. The summed E-state index contributed by atoms with van der Waals surface area (Å²) in [5, 5.41) is 10.8. The fraction of sp³-hybridized carbons (Fsp3) is 0.350. The van der Waals surface area contributed by atoms with Crippen molar-refractivity contribution in [2.75, 3.05) is 0 Å². The smallest absolute Gasteiger partial charge is 0.219 e. The van der Waals surface area contributed by atoms with Gasteiger partial charge in [-0.05, 0) is 18.8 Å². The zero-order chi connectivity index (χ0) is 19.6. The van der Waals surface area contributed by atoms with E-state index in [1.807, 2.05) is 43.5 Å². The molecule has 1 atom stereocenters. The number of rotatable bonds is 6. The summed E-state index contributed by atoms with van der Waals surface area (Å²) < 4.78 is 1.69. The topological polar surface area (TPSA) is 115 Å². The lowest BCUT2D eigenvalue weighted by molar-refractivity contribution is 0.436. The minimum Gasteiger partial charge on any atom is -0.493 e. The summed E-state index contributed by atoms with van der Waals surface area (Å²) in [5.74, 6) is 0.509. The normalized spacial score (nSPS) is 12.4. The van der Waals surface area contributed by atoms with Crippen molar-refractivity contribution in [1.29, 1.82) is 0 Å². The molecular formula is C20H26N6O. The van der Waals surface area contributed by atoms with Crippen molar-refractivity contribution in [3.8, 4) is 17.1 Å². The number of nitrogens with two attached hydrogens (primary N) is 2. The van der Waals surface area contributed by atoms with Crippen LogP contribution in [-0.4, -0.2) is 25.4 Å². The molecule has 5 N–H and O–H groups in total. The highest BCUT2D eigenvalue weighted by atomic mass is 16.3. The Morgan fingerprint density at radius 2 is 1.89 bits per heavy atom. The molecule has 0 radical (unpaired) electrons. The zero-order valence-corrected chi connectivity index (χ0v) is 15.9. The van der Waals surface area contributed by atoms with Crippen LogP contribution in [0.5, 0.6) is 5.88 Å². The van der Waals surface area contributed by atoms with Crippen LogP contribution in [0.3, 0.4) is 0 Å². The maximum atomic E-state index is 10.8. The SMILES string of the molecule is CCC(N=C(N)N)c1nc(-c2ccccc2)cn2c(O)c(CC(C)C)nc12. The first-order valence-corrected chi connectivity index (χ1v) is 9.15. The standard InChI is InChI=1S/C20H26N6O/c1-4-14(25-20(21)22)17-18-24-15(10-12(2)3)19(27)26(18)11-16(23-17)13-8-6-5-7-9-13/h5-9,11-12,14,27H,4,10H2,1-3H3,(H4,21,22,25). The molecule has 0 spiro atoms. The van der Waals surface area contributed by atoms with Crippen LogP contribution in [0.1, 0.15) is 44.6 Å². The lowest BCUT2D eigenvalue weighted by atomic mass is 10.1. The Kier molecular flexibility index (Phi) is 5.30. The Morgan fingerprint density at radius 1 is 1.19 bits per heavy atom. The summed E-state index contributed by atoms with van der Waals surface area (Å²) in [6.07, 6.45) is 3.14. The van der Waals surface area contributed by atoms with E-state index in [1.165, 1.54) is 0 Å². The van der Waals surface area contributed by atoms with Gasteiger partial charge in [0.05, 0.1) is 11.7 Å². The van der Waals surface area contributed by atoms with Crippen molar-refractivity contribution in [1.82, 2.24) is 14.4 Å². The molecule has 2 aromatic heterocycles. The van der Waals surface area contributed by atoms with Crippen LogP contribution in [0.2, 0.25) is 0 Å². The van der Waals surface area contributed by atoms with Gasteiger partial charge in [0.2, 0.25) is 5.88 Å². The summed E-state index contributed by atoms with van der Waals surface area (Å²) in [5.41, 5.74) is 14.8. The number of fused-ring (bicyclic) bond motifs is 1. The highest BCUT2D eigenvalue weighted by Gasteiger charge is 2.22. The molecule has 1 aromatic carbocycles. The number of guanidine groups is 1. The van der Waals surface area contributed by atoms with Crippen molar-refractivity contribution in [2.24, 2.45) is 22.4 Å². The number of benzene rings is 1. The van der Waals surface area contributed by atoms with Crippen LogP contribution in [0.15, 0.2) is 41.5 Å². The van der Waals surface area contributed by atoms with Gasteiger partial charge in [0.1, 0.15) is 11.4 Å². The summed E-state index contributed by atoms with van der Waals surface area (Å²) >= 11 is 0. The van der Waals surface area contributed by atoms with E-state index in [4.69, 9.17) is 16.5 Å². The van der Waals surface area contributed by atoms with Gasteiger partial charge in [-0.15, -0.1) is 0 Å². The van der Waals surface area contributed by atoms with Crippen LogP contribution < -0.4 is 11.5 Å². The van der Waals surface area contributed by atoms with E-state index < -0.39 is 0 Å². The summed E-state index contributed by atoms with van der Waals surface area (Å²) in [7, 11) is 0. The minimum atomic E-state index is -0.338. The Hall–Kier alpha value is -3.09. The van der Waals surface area contributed by atoms with Gasteiger partial charge in [0.25, 0.3) is 0 Å². The van der Waals surface area contributed by atoms with Crippen LogP contribution in [0, 0.1) is 5.92 Å². The second-order valence-corrected chi connectivity index (χ2v) is 7.03. The van der Waals surface area contributed by atoms with Gasteiger partial charge < -0.3 is 16.6 Å². The molecule has 3 aromatic rings. The van der Waals surface area contributed by atoms with Gasteiger partial charge in [-0.3, -0.25) is 4.40 Å². The maximum Gasteiger partial charge on any atom is 0.219 e. The van der Waals surface area contributed by atoms with Crippen molar-refractivity contribution in [3.63, 3.8) is 0 Å². The van der Waals surface area contributed by atoms with E-state index in [0.717, 1.165) is 11.3 Å². The van der Waals surface area contributed by atoms with Crippen molar-refractivity contribution in [3.05, 3.63) is 47.9 Å². The molecule has 0 amide bonds. The summed E-state index contributed by atoms with van der Waals surface area (Å²) in [6, 6.07) is 9.46. The number of nitrogens with zero attached hydrogens (tertiary/aromatic N) is 4. The van der Waals surface area contributed by atoms with Crippen LogP contribution >= 0.6 is 0 Å². The number of imidazole rings is 1. The fourth-order valence-electron chi connectivity index (χ4n) is 3.13. The van der Waals surface area contributed by atoms with Gasteiger partial charge >= 0.3 is 0 Å². The third kappa shape index (κ3) is 3.86. The Labute approximate surface area is 158 Å². The average molecular weight is 366 g/mol. The van der Waals surface area contributed by atoms with Crippen LogP contribution in [0.25, 0.3) is 16.9 Å². The minimum absolute atomic E-state index is 0.00472. The molecule has 142 valence electrons. The molecule has 0 saturated heterocycles. The first kappa shape index (κ1) is 18.7. The molecule has 0 aliphatic rings. The number of aromatic hydroxyl groups is 1. The molecule has 0 bridgehead atoms. The first-order chi connectivity index (χ1) is 12.9. The molecule has 2 heterocycles. The molecule has 0 aliphatic carbocycles. The van der Waals surface area contributed by atoms with E-state index in [2.05, 4.69) is 23.8 Å². The lowest BCUT2D eigenvalue weighted by Gasteiger charge is -2.13. The first-order valence-electron chi connectivity index (χ1n) is 9.15. The van der Waals surface area contributed by atoms with Crippen molar-refractivity contribution >= 4 is 11.6 Å². The molecule has 7 heteroatoms. The monoisotopic (exact) mass is 366 g/mol. The quantitative estimate of drug-likeness (QED) is 0.458. The van der Waals surface area contributed by atoms with Crippen LogP contribution in [0.4, 0.5) is 0 Å². The van der Waals surface area contributed by atoms with E-state index in [0.29, 0.717) is 35.8 Å². The van der Waals surface area contributed by atoms with Crippen LogP contribution in [-0.2, 0) is 6.42 Å². The highest BCUT2D eigenvalue weighted by Crippen LogP contribution is 2.31. The molecule has 1 unspecified atom stereocenters. The van der Waals surface area contributed by atoms with Gasteiger partial charge in [0, 0.05) is 11.8 Å². The molecule has 27 heavy (non-hydrogen) atoms. The number of hydrogen-bond acceptors (Lipinski definition) is 4. The predicted molar refractivity (Wildman–Crippen MR) is 107 cm³/mol. The number of aliphatic imine (C=N–C) groups is 1. The lowest BCUT2D eigenvalue weighted by Crippen LogP contribution is -2.24. The van der Waals surface area contributed by atoms with E-state index >= 15 is 0 Å². The Bertz CT molecular complexity index is 958. The highest BCUT2D eigenvalue weighted by molar-refractivity contribution is 5.76.